The minimum absolute atomic E-state index is 0.0611. The maximum atomic E-state index is 13.6. The van der Waals surface area contributed by atoms with E-state index >= 15 is 0 Å². The molecule has 0 saturated heterocycles. The van der Waals surface area contributed by atoms with Crippen molar-refractivity contribution in [3.05, 3.63) is 299 Å². The fourth-order valence-electron chi connectivity index (χ4n) is 16.9. The van der Waals surface area contributed by atoms with Crippen molar-refractivity contribution in [1.82, 2.24) is 29.9 Å². The molecular formula is C118H137BBr2N9O19S. The van der Waals surface area contributed by atoms with Crippen LogP contribution >= 0.6 is 44.7 Å². The minimum atomic E-state index is -0.929. The molecule has 32 heteroatoms. The van der Waals surface area contributed by atoms with Crippen molar-refractivity contribution in [1.29, 1.82) is 0 Å². The van der Waals surface area contributed by atoms with Crippen LogP contribution in [0.1, 0.15) is 249 Å². The van der Waals surface area contributed by atoms with Gasteiger partial charge in [-0.25, -0.2) is 28.8 Å². The molecule has 6 aromatic heterocycles. The molecule has 3 aliphatic carbocycles. The topological polar surface area (TPSA) is 369 Å². The number of benzene rings is 8. The Hall–Kier alpha value is -12.6. The number of thiol groups is 1. The van der Waals surface area contributed by atoms with Crippen LogP contribution in [-0.2, 0) is 90.6 Å². The Labute approximate surface area is 901 Å². The molecule has 6 heterocycles. The van der Waals surface area contributed by atoms with Gasteiger partial charge in [0.25, 0.3) is 0 Å². The van der Waals surface area contributed by atoms with Crippen LogP contribution in [0.3, 0.4) is 0 Å². The van der Waals surface area contributed by atoms with Crippen molar-refractivity contribution in [2.24, 2.45) is 10.0 Å². The molecule has 14 aromatic rings. The van der Waals surface area contributed by atoms with Crippen LogP contribution in [0.4, 0.5) is 10.5 Å². The number of carbonyl (C=O) groups excluding carboxylic acids is 6. The van der Waals surface area contributed by atoms with Crippen LogP contribution in [0.2, 0.25) is 0 Å². The zero-order valence-corrected chi connectivity index (χ0v) is 92.0. The molecule has 3 fully saturated rings. The van der Waals surface area contributed by atoms with Gasteiger partial charge < -0.3 is 62.9 Å². The molecule has 4 N–H and O–H groups in total. The van der Waals surface area contributed by atoms with Gasteiger partial charge in [-0.05, 0) is 313 Å². The number of aromatic carboxylic acids is 1. The third-order valence-electron chi connectivity index (χ3n) is 24.3. The van der Waals surface area contributed by atoms with Crippen molar-refractivity contribution in [2.75, 3.05) is 121 Å². The van der Waals surface area contributed by atoms with E-state index in [4.69, 9.17) is 63.2 Å². The van der Waals surface area contributed by atoms with Gasteiger partial charge in [0.1, 0.15) is 5.60 Å². The van der Waals surface area contributed by atoms with Crippen LogP contribution in [0.25, 0.3) is 76.5 Å². The Morgan fingerprint density at radius 2 is 0.760 bits per heavy atom. The fourth-order valence-corrected chi connectivity index (χ4v) is 17.9. The first-order chi connectivity index (χ1) is 72.6. The number of nitrogens with zero attached hydrogens (tertiary/aromatic N) is 7. The van der Waals surface area contributed by atoms with Gasteiger partial charge in [0.2, 0.25) is 0 Å². The number of ether oxygens (including phenoxy) is 11. The Bertz CT molecular complexity index is 6870. The second-order valence-corrected chi connectivity index (χ2v) is 38.7. The molecular weight excluding hydrogens is 2050 g/mol. The number of nitrogens with two attached hydrogens (primary N) is 1. The molecule has 8 aromatic carbocycles. The van der Waals surface area contributed by atoms with E-state index in [1.54, 1.807) is 100 Å². The van der Waals surface area contributed by atoms with Gasteiger partial charge in [-0.2, -0.15) is 0 Å². The molecule has 17 rings (SSSR count). The summed E-state index contributed by atoms with van der Waals surface area (Å²) in [5, 5.41) is 17.7. The number of methoxy groups -OCH3 is 6. The van der Waals surface area contributed by atoms with E-state index in [-0.39, 0.29) is 41.6 Å². The number of esters is 4. The Balaban J connectivity index is 0.000000186. The van der Waals surface area contributed by atoms with Crippen molar-refractivity contribution < 1.29 is 90.8 Å². The third kappa shape index (κ3) is 36.9. The molecule has 0 atom stereocenters. The van der Waals surface area contributed by atoms with Gasteiger partial charge in [0, 0.05) is 178 Å². The summed E-state index contributed by atoms with van der Waals surface area (Å²) < 4.78 is 60.3. The average Bonchev–Trinajstić information content (AvgIpc) is 1.60. The Morgan fingerprint density at radius 1 is 0.407 bits per heavy atom. The van der Waals surface area contributed by atoms with E-state index in [0.29, 0.717) is 90.8 Å². The molecule has 791 valence electrons. The van der Waals surface area contributed by atoms with Gasteiger partial charge in [0.05, 0.1) is 94.0 Å². The zero-order chi connectivity index (χ0) is 108. The molecule has 0 aliphatic heterocycles. The fraction of sp³-hybridized carbons (Fsp3) is 0.381. The van der Waals surface area contributed by atoms with E-state index in [0.717, 1.165) is 188 Å². The first-order valence-electron chi connectivity index (χ1n) is 50.7. The standard InChI is InChI=1S/C35H38N2O4.C19H23NO3.C17H19NO3.C16H18BrNO3.C16H19NO3.C12H10BrNO2.C3H9NO.BHNS/c1-35(2,3)41-34(39)37-30-17-16-26(23-9-6-5-7-10-23)19-28(30)21-31(38)29-20-27-15-14-24(11-8-18-40-4)32(25-12-13-25)33(27)36-22-29;1-3-23-19(21)16-11-15-9-8-13(5-4-10-22-2)17(14-6-7-14)18(15)20-12-16;1-21-8-2-3-11-6-7-13-9-14(17(19)20)10-18-16(13)15(11)12-4-5-12;1-3-21-16(19)13-9-12-7-6-11(5-4-8-20-2)14(17)15(12)18-10-13;1-3-20-16(18)14-10-13-7-6-12(5-4-8-19-2)9-15(13)17-11-14;1-2-16-12(15)9-5-8-3-4-10(13)6-11(8)14-7-9;1-5-3-2-4;1-2-3/h5-7,9-10,14-17,19-20,22,25H,8,11-13,18,21H2,1-4H3,(H,37,39);8-9,11-12,14H,3-7,10H2,1-2H3;6-7,9-10,12H,2-5,8H2,1H3,(H,19,20);6-7,9-10H,3-5,8H2,1-2H3;6-7,9-11H,3-5,8H2,1-2H3;3-7H,2H2,1H3;2-4H2,1H3;3H. The molecule has 0 unspecified atom stereocenters. The quantitative estimate of drug-likeness (QED) is 0.00694. The molecule has 3 aliphatic rings. The molecule has 150 heavy (non-hydrogen) atoms. The Morgan fingerprint density at radius 3 is 1.16 bits per heavy atom. The van der Waals surface area contributed by atoms with E-state index in [1.807, 2.05) is 137 Å². The average molecular weight is 2190 g/mol. The van der Waals surface area contributed by atoms with Crippen LogP contribution in [0, 0.1) is 0 Å². The predicted octanol–water partition coefficient (Wildman–Crippen LogP) is 25.1. The van der Waals surface area contributed by atoms with Crippen molar-refractivity contribution in [3.63, 3.8) is 0 Å². The van der Waals surface area contributed by atoms with Crippen LogP contribution < -0.4 is 11.1 Å². The number of carbonyl (C=O) groups is 7. The monoisotopic (exact) mass is 2180 g/mol. The van der Waals surface area contributed by atoms with E-state index < -0.39 is 17.7 Å². The number of hydrogen-bond donors (Lipinski definition) is 4. The summed E-state index contributed by atoms with van der Waals surface area (Å²) >= 11 is 10.2. The van der Waals surface area contributed by atoms with Gasteiger partial charge in [-0.3, -0.25) is 40.0 Å². The summed E-state index contributed by atoms with van der Waals surface area (Å²) in [6.45, 7) is 19.2. The zero-order valence-electron chi connectivity index (χ0n) is 87.9. The second-order valence-electron chi connectivity index (χ2n) is 36.8. The number of carboxylic acid groups (broad SMARTS) is 1. The maximum absolute atomic E-state index is 13.6. The van der Waals surface area contributed by atoms with Crippen LogP contribution in [-0.4, -0.2) is 205 Å². The van der Waals surface area contributed by atoms with Gasteiger partial charge in [-0.1, -0.05) is 119 Å². The van der Waals surface area contributed by atoms with E-state index in [2.05, 4.69) is 140 Å². The van der Waals surface area contributed by atoms with Crippen molar-refractivity contribution in [3.8, 4) is 11.1 Å². The summed E-state index contributed by atoms with van der Waals surface area (Å²) in [6.07, 6.45) is 26.1. The second kappa shape index (κ2) is 62.3. The number of rotatable bonds is 39. The molecule has 3 saturated carbocycles. The van der Waals surface area contributed by atoms with Crippen molar-refractivity contribution >= 4 is 165 Å². The summed E-state index contributed by atoms with van der Waals surface area (Å²) in [5.74, 6) is -0.535. The number of amides is 1. The first kappa shape index (κ1) is 119. The number of hydrogen-bond acceptors (Lipinski definition) is 27. The number of aromatic nitrogens is 6. The summed E-state index contributed by atoms with van der Waals surface area (Å²) in [6, 6.07) is 55.2. The normalized spacial score (nSPS) is 12.2. The number of nitrogens with one attached hydrogen (secondary N) is 1. The first-order valence-corrected chi connectivity index (χ1v) is 52.7. The van der Waals surface area contributed by atoms with E-state index in [1.165, 1.54) is 95.4 Å². The number of aryl methyl sites for hydroxylation is 5. The number of pyridine rings is 6. The Kier molecular flexibility index (Phi) is 49.5. The number of anilines is 1. The van der Waals surface area contributed by atoms with Crippen molar-refractivity contribution in [2.45, 2.75) is 181 Å². The van der Waals surface area contributed by atoms with E-state index in [9.17, 15) is 33.6 Å². The van der Waals surface area contributed by atoms with Gasteiger partial charge in [-0.15, -0.1) is 0 Å². The summed E-state index contributed by atoms with van der Waals surface area (Å²) in [4.78, 5) is 111. The molecule has 0 spiro atoms. The number of ketones is 1. The van der Waals surface area contributed by atoms with Gasteiger partial charge >= 0.3 is 60.7 Å². The number of fused-ring (bicyclic) bond motifs is 6. The summed E-state index contributed by atoms with van der Waals surface area (Å²) in [5.41, 5.74) is 26.5. The third-order valence-corrected chi connectivity index (χ3v) is 25.7. The number of carboxylic acids is 1. The number of halogens is 2. The number of Topliss-reactive ketones (excluding diaryl/α,β-unsaturated/α-hetero) is 1. The molecule has 28 nitrogen and oxygen atoms in total. The van der Waals surface area contributed by atoms with Crippen LogP contribution in [0.5, 0.6) is 0 Å². The van der Waals surface area contributed by atoms with Gasteiger partial charge in [0.15, 0.2) is 5.78 Å². The molecule has 1 radical (unpaired) electrons. The molecule has 0 bridgehead atoms. The van der Waals surface area contributed by atoms with Crippen LogP contribution in [0.15, 0.2) is 220 Å². The molecule has 1 amide bonds. The SMILES string of the molecule is CCOC(=O)c1cnc2c(Br)c(CCCOC)ccc2c1.CCOC(=O)c1cnc2c(C3CC3)c(CCCOC)ccc2c1.CCOC(=O)c1cnc2cc(Br)ccc2c1.CCOC(=O)c1cnc2cc(CCCOC)ccc2c1.COCCCc1ccc2cc(C(=O)Cc3cc(-c4ccccc4)ccc3NC(=O)OC(C)(C)C)cnc2c1C1CC1.COCCCc1ccc2cc(C(=O)O)cnc2c1C1CC1.COCCN.[B]=NS. The summed E-state index contributed by atoms with van der Waals surface area (Å²) in [7, 11) is 14.6. The predicted molar refractivity (Wildman–Crippen MR) is 601 cm³/mol.